The molecule has 0 aromatic heterocycles. The van der Waals surface area contributed by atoms with Crippen molar-refractivity contribution < 1.29 is 18.8 Å². The monoisotopic (exact) mass is 188 g/mol. The van der Waals surface area contributed by atoms with E-state index in [1.165, 1.54) is 20.8 Å². The average Bonchev–Trinajstić information content (AvgIpc) is 1.86. The van der Waals surface area contributed by atoms with Crippen LogP contribution in [0.5, 0.6) is 0 Å². The molecular weight excluding hydrogens is 176 g/mol. The van der Waals surface area contributed by atoms with Crippen LogP contribution in [-0.4, -0.2) is 33.4 Å². The number of carbonyl (C=O) groups is 3. The maximum absolute atomic E-state index is 11.0. The van der Waals surface area contributed by atoms with E-state index in [4.69, 9.17) is 4.43 Å². The molecule has 0 atom stereocenters. The average molecular weight is 188 g/mol. The molecule has 5 heteroatoms. The van der Waals surface area contributed by atoms with E-state index in [9.17, 15) is 14.4 Å². The fourth-order valence-electron chi connectivity index (χ4n) is 1.17. The van der Waals surface area contributed by atoms with Crippen molar-refractivity contribution in [3.05, 3.63) is 0 Å². The van der Waals surface area contributed by atoms with Gasteiger partial charge in [-0.05, 0) is 20.8 Å². The van der Waals surface area contributed by atoms with Gasteiger partial charge in [-0.25, -0.2) is 0 Å². The van der Waals surface area contributed by atoms with Crippen LogP contribution in [0.4, 0.5) is 0 Å². The normalized spacial score (nSPS) is 11.2. The van der Waals surface area contributed by atoms with Crippen LogP contribution in [-0.2, 0) is 18.8 Å². The number of hydrogen-bond acceptors (Lipinski definition) is 4. The summed E-state index contributed by atoms with van der Waals surface area (Å²) in [4.78, 5) is 33.1. The van der Waals surface area contributed by atoms with Crippen LogP contribution in [0.3, 0.4) is 0 Å². The van der Waals surface area contributed by atoms with E-state index in [1.54, 1.807) is 0 Å². The van der Waals surface area contributed by atoms with E-state index in [-0.39, 0.29) is 10.5 Å². The van der Waals surface area contributed by atoms with Crippen LogP contribution in [0, 0.1) is 0 Å². The fraction of sp³-hybridized carbons (Fsp3) is 0.571. The van der Waals surface area contributed by atoms with Gasteiger partial charge in [0, 0.05) is 0 Å². The van der Waals surface area contributed by atoms with Crippen molar-refractivity contribution in [3.8, 4) is 0 Å². The molecule has 0 saturated heterocycles. The van der Waals surface area contributed by atoms with E-state index in [0.29, 0.717) is 0 Å². The van der Waals surface area contributed by atoms with Gasteiger partial charge in [0.1, 0.15) is 10.5 Å². The molecule has 0 saturated carbocycles. The third-order valence-electron chi connectivity index (χ3n) is 1.79. The van der Waals surface area contributed by atoms with E-state index in [0.717, 1.165) is 0 Å². The summed E-state index contributed by atoms with van der Waals surface area (Å²) in [7, 11) is 0.177. The van der Waals surface area contributed by atoms with Crippen LogP contribution in [0.25, 0.3) is 0 Å². The molecule has 0 radical (unpaired) electrons. The van der Waals surface area contributed by atoms with Crippen molar-refractivity contribution >= 4 is 27.8 Å². The lowest BCUT2D eigenvalue weighted by molar-refractivity contribution is -0.152. The van der Waals surface area contributed by atoms with Gasteiger partial charge in [-0.1, -0.05) is 0 Å². The van der Waals surface area contributed by atoms with Gasteiger partial charge in [-0.3, -0.25) is 14.4 Å². The van der Waals surface area contributed by atoms with Gasteiger partial charge in [0.2, 0.25) is 5.60 Å². The van der Waals surface area contributed by atoms with Gasteiger partial charge in [0.25, 0.3) is 0 Å². The SMILES string of the molecule is CC(=O)C(O[SiH3])(C(C)=O)C(C)=O. The first-order valence-electron chi connectivity index (χ1n) is 3.47. The highest BCUT2D eigenvalue weighted by Gasteiger charge is 2.45. The Kier molecular flexibility index (Phi) is 3.48. The zero-order chi connectivity index (χ0) is 9.94. The molecule has 0 aliphatic heterocycles. The van der Waals surface area contributed by atoms with E-state index in [2.05, 4.69) is 0 Å². The van der Waals surface area contributed by atoms with Crippen molar-refractivity contribution in [2.75, 3.05) is 0 Å². The van der Waals surface area contributed by atoms with Crippen LogP contribution >= 0.6 is 0 Å². The molecule has 0 bridgehead atoms. The smallest absolute Gasteiger partial charge is 0.232 e. The second-order valence-electron chi connectivity index (χ2n) is 2.55. The highest BCUT2D eigenvalue weighted by molar-refractivity contribution is 6.28. The third-order valence-corrected chi connectivity index (χ3v) is 2.41. The Hall–Kier alpha value is -0.813. The quantitative estimate of drug-likeness (QED) is 0.410. The van der Waals surface area contributed by atoms with E-state index >= 15 is 0 Å². The zero-order valence-corrected chi connectivity index (χ0v) is 9.63. The Bertz CT molecular complexity index is 198. The number of ketones is 3. The zero-order valence-electron chi connectivity index (χ0n) is 7.63. The van der Waals surface area contributed by atoms with Crippen LogP contribution in [0.1, 0.15) is 20.8 Å². The Morgan fingerprint density at radius 3 is 1.25 bits per heavy atom. The predicted octanol–water partition coefficient (Wildman–Crippen LogP) is -1.21. The topological polar surface area (TPSA) is 60.4 Å². The third kappa shape index (κ3) is 1.51. The molecule has 12 heavy (non-hydrogen) atoms. The second kappa shape index (κ2) is 3.73. The second-order valence-corrected chi connectivity index (χ2v) is 2.96. The first kappa shape index (κ1) is 11.2. The molecule has 0 heterocycles. The number of hydrogen-bond donors (Lipinski definition) is 0. The molecule has 0 amide bonds. The van der Waals surface area contributed by atoms with Gasteiger partial charge in [-0.15, -0.1) is 0 Å². The Morgan fingerprint density at radius 2 is 1.25 bits per heavy atom. The van der Waals surface area contributed by atoms with Crippen molar-refractivity contribution in [2.45, 2.75) is 26.4 Å². The molecule has 0 aromatic carbocycles. The summed E-state index contributed by atoms with van der Waals surface area (Å²) in [6, 6.07) is 0. The maximum atomic E-state index is 11.0. The van der Waals surface area contributed by atoms with E-state index < -0.39 is 23.0 Å². The summed E-state index contributed by atoms with van der Waals surface area (Å²) in [6.45, 7) is 3.54. The number of Topliss-reactive ketones (excluding diaryl/α,β-unsaturated/α-hetero) is 3. The summed E-state index contributed by atoms with van der Waals surface area (Å²) < 4.78 is 4.81. The summed E-state index contributed by atoms with van der Waals surface area (Å²) in [5.74, 6) is -1.63. The minimum absolute atomic E-state index is 0.177. The number of rotatable bonds is 4. The Morgan fingerprint density at radius 1 is 1.00 bits per heavy atom. The van der Waals surface area contributed by atoms with Crippen molar-refractivity contribution in [2.24, 2.45) is 0 Å². The largest absolute Gasteiger partial charge is 0.405 e. The van der Waals surface area contributed by atoms with Crippen LogP contribution in [0.2, 0.25) is 0 Å². The van der Waals surface area contributed by atoms with Crippen LogP contribution in [0.15, 0.2) is 0 Å². The van der Waals surface area contributed by atoms with Crippen molar-refractivity contribution in [1.82, 2.24) is 0 Å². The Labute approximate surface area is 73.8 Å². The lowest BCUT2D eigenvalue weighted by Gasteiger charge is -2.23. The van der Waals surface area contributed by atoms with Gasteiger partial charge >= 0.3 is 0 Å². The van der Waals surface area contributed by atoms with Crippen molar-refractivity contribution in [3.63, 3.8) is 0 Å². The molecule has 0 unspecified atom stereocenters. The molecule has 68 valence electrons. The van der Waals surface area contributed by atoms with Gasteiger partial charge in [-0.2, -0.15) is 0 Å². The molecule has 0 rings (SSSR count). The summed E-state index contributed by atoms with van der Waals surface area (Å²) >= 11 is 0. The predicted molar refractivity (Wildman–Crippen MR) is 45.8 cm³/mol. The molecular formula is C7H12O4Si. The molecule has 0 spiro atoms. The molecule has 4 nitrogen and oxygen atoms in total. The lowest BCUT2D eigenvalue weighted by atomic mass is 9.91. The fourth-order valence-corrected chi connectivity index (χ4v) is 2.04. The minimum Gasteiger partial charge on any atom is -0.405 e. The minimum atomic E-state index is -1.81. The van der Waals surface area contributed by atoms with Crippen molar-refractivity contribution in [1.29, 1.82) is 0 Å². The molecule has 0 aliphatic carbocycles. The molecule has 0 aliphatic rings. The van der Waals surface area contributed by atoms with Gasteiger partial charge in [0.15, 0.2) is 17.3 Å². The standard InChI is InChI=1S/C7H12O4Si/c1-4(8)7(11-12,5(2)9)6(3)10/h1-3,12H3. The summed E-state index contributed by atoms with van der Waals surface area (Å²) in [6.07, 6.45) is 0. The van der Waals surface area contributed by atoms with Crippen LogP contribution < -0.4 is 0 Å². The lowest BCUT2D eigenvalue weighted by Crippen LogP contribution is -2.52. The van der Waals surface area contributed by atoms with E-state index in [1.807, 2.05) is 0 Å². The maximum Gasteiger partial charge on any atom is 0.232 e. The first-order chi connectivity index (χ1) is 5.39. The number of carbonyl (C=O) groups excluding carboxylic acids is 3. The highest BCUT2D eigenvalue weighted by Crippen LogP contribution is 2.14. The molecule has 0 aromatic rings. The molecule has 0 fully saturated rings. The van der Waals surface area contributed by atoms with Gasteiger partial charge < -0.3 is 4.43 Å². The summed E-state index contributed by atoms with van der Waals surface area (Å²) in [5.41, 5.74) is -1.81. The highest BCUT2D eigenvalue weighted by atomic mass is 28.2. The molecule has 0 N–H and O–H groups in total. The van der Waals surface area contributed by atoms with Gasteiger partial charge in [0.05, 0.1) is 0 Å². The first-order valence-corrected chi connectivity index (χ1v) is 4.29. The summed E-state index contributed by atoms with van der Waals surface area (Å²) in [5, 5.41) is 0. The Balaban J connectivity index is 5.19.